The molecule has 0 unspecified atom stereocenters. The van der Waals surface area contributed by atoms with E-state index in [0.717, 1.165) is 12.8 Å². The Morgan fingerprint density at radius 3 is 2.67 bits per heavy atom. The van der Waals surface area contributed by atoms with Crippen LogP contribution in [0.1, 0.15) is 39.2 Å². The summed E-state index contributed by atoms with van der Waals surface area (Å²) in [5, 5.41) is 0. The molecule has 0 saturated carbocycles. The lowest BCUT2D eigenvalue weighted by Gasteiger charge is -2.16. The van der Waals surface area contributed by atoms with Gasteiger partial charge >= 0.3 is 0 Å². The summed E-state index contributed by atoms with van der Waals surface area (Å²) < 4.78 is 0. The van der Waals surface area contributed by atoms with E-state index in [4.69, 9.17) is 0 Å². The van der Waals surface area contributed by atoms with Gasteiger partial charge < -0.3 is 0 Å². The van der Waals surface area contributed by atoms with Crippen LogP contribution in [0.5, 0.6) is 0 Å². The second kappa shape index (κ2) is 5.06. The summed E-state index contributed by atoms with van der Waals surface area (Å²) in [6, 6.07) is 3.98. The van der Waals surface area contributed by atoms with Gasteiger partial charge in [0, 0.05) is 24.2 Å². The minimum atomic E-state index is -0.199. The van der Waals surface area contributed by atoms with E-state index in [-0.39, 0.29) is 5.41 Å². The smallest absolute Gasteiger partial charge is 0.138 e. The molecule has 0 radical (unpaired) electrons. The fraction of sp³-hybridized carbons (Fsp3) is 0.538. The van der Waals surface area contributed by atoms with Gasteiger partial charge in [0.1, 0.15) is 5.78 Å². The molecular formula is C13H19NO. The lowest BCUT2D eigenvalue weighted by atomic mass is 9.87. The summed E-state index contributed by atoms with van der Waals surface area (Å²) in [7, 11) is 0. The number of carbonyl (C=O) groups excluding carboxylic acids is 1. The molecule has 0 aliphatic heterocycles. The van der Waals surface area contributed by atoms with Crippen LogP contribution in [0.25, 0.3) is 0 Å². The van der Waals surface area contributed by atoms with Crippen molar-refractivity contribution in [1.29, 1.82) is 0 Å². The Bertz CT molecular complexity index is 311. The fourth-order valence-electron chi connectivity index (χ4n) is 1.37. The number of carbonyl (C=O) groups is 1. The van der Waals surface area contributed by atoms with Crippen molar-refractivity contribution in [3.63, 3.8) is 0 Å². The van der Waals surface area contributed by atoms with E-state index < -0.39 is 0 Å². The molecule has 2 nitrogen and oxygen atoms in total. The summed E-state index contributed by atoms with van der Waals surface area (Å²) >= 11 is 0. The summed E-state index contributed by atoms with van der Waals surface area (Å²) in [5.74, 6) is 0.339. The van der Waals surface area contributed by atoms with Gasteiger partial charge in [0.2, 0.25) is 0 Å². The van der Waals surface area contributed by atoms with Crippen molar-refractivity contribution in [3.05, 3.63) is 30.1 Å². The summed E-state index contributed by atoms with van der Waals surface area (Å²) in [5.41, 5.74) is 1.01. The number of ketones is 1. The number of hydrogen-bond acceptors (Lipinski definition) is 2. The number of nitrogens with zero attached hydrogens (tertiary/aromatic N) is 1. The van der Waals surface area contributed by atoms with E-state index in [9.17, 15) is 4.79 Å². The largest absolute Gasteiger partial charge is 0.299 e. The second-order valence-corrected chi connectivity index (χ2v) is 4.89. The number of rotatable bonds is 4. The van der Waals surface area contributed by atoms with Crippen LogP contribution in [0.3, 0.4) is 0 Å². The fourth-order valence-corrected chi connectivity index (χ4v) is 1.37. The standard InChI is InChI=1S/C13H19NO/c1-13(2,3)12(15)8-4-6-11-7-5-9-14-10-11/h5,7,9-10H,4,6,8H2,1-3H3. The average Bonchev–Trinajstić information content (AvgIpc) is 2.18. The highest BCUT2D eigenvalue weighted by Crippen LogP contribution is 2.18. The Morgan fingerprint density at radius 1 is 1.40 bits per heavy atom. The first-order valence-corrected chi connectivity index (χ1v) is 5.42. The first kappa shape index (κ1) is 11.9. The van der Waals surface area contributed by atoms with Gasteiger partial charge in [-0.05, 0) is 24.5 Å². The molecule has 2 heteroatoms. The maximum Gasteiger partial charge on any atom is 0.138 e. The molecule has 1 heterocycles. The zero-order valence-corrected chi connectivity index (χ0v) is 9.79. The lowest BCUT2D eigenvalue weighted by molar-refractivity contribution is -0.126. The van der Waals surface area contributed by atoms with Crippen molar-refractivity contribution < 1.29 is 4.79 Å². The molecule has 82 valence electrons. The van der Waals surface area contributed by atoms with Gasteiger partial charge in [-0.2, -0.15) is 0 Å². The maximum atomic E-state index is 11.6. The predicted octanol–water partition coefficient (Wildman–Crippen LogP) is 3.02. The van der Waals surface area contributed by atoms with Gasteiger partial charge in [-0.3, -0.25) is 9.78 Å². The van der Waals surface area contributed by atoms with Crippen LogP contribution in [0.2, 0.25) is 0 Å². The topological polar surface area (TPSA) is 30.0 Å². The van der Waals surface area contributed by atoms with Crippen molar-refractivity contribution in [2.45, 2.75) is 40.0 Å². The van der Waals surface area contributed by atoms with E-state index >= 15 is 0 Å². The molecule has 1 rings (SSSR count). The van der Waals surface area contributed by atoms with Crippen LogP contribution in [0.4, 0.5) is 0 Å². The SMILES string of the molecule is CC(C)(C)C(=O)CCCc1cccnc1. The van der Waals surface area contributed by atoms with Crippen LogP contribution in [-0.2, 0) is 11.2 Å². The molecular weight excluding hydrogens is 186 g/mol. The Hall–Kier alpha value is -1.18. The highest BCUT2D eigenvalue weighted by atomic mass is 16.1. The number of pyridine rings is 1. The quantitative estimate of drug-likeness (QED) is 0.756. The third-order valence-corrected chi connectivity index (χ3v) is 2.43. The summed E-state index contributed by atoms with van der Waals surface area (Å²) in [6.07, 6.45) is 6.15. The second-order valence-electron chi connectivity index (χ2n) is 4.89. The molecule has 0 aliphatic carbocycles. The molecule has 0 N–H and O–H groups in total. The molecule has 1 aromatic heterocycles. The van der Waals surface area contributed by atoms with Crippen molar-refractivity contribution >= 4 is 5.78 Å². The Morgan fingerprint density at radius 2 is 2.13 bits per heavy atom. The Kier molecular flexibility index (Phi) is 4.01. The van der Waals surface area contributed by atoms with Gasteiger partial charge in [-0.1, -0.05) is 26.8 Å². The number of hydrogen-bond donors (Lipinski definition) is 0. The monoisotopic (exact) mass is 205 g/mol. The lowest BCUT2D eigenvalue weighted by Crippen LogP contribution is -2.19. The normalized spacial score (nSPS) is 11.4. The Balaban J connectivity index is 2.32. The maximum absolute atomic E-state index is 11.6. The van der Waals surface area contributed by atoms with Crippen LogP contribution in [-0.4, -0.2) is 10.8 Å². The summed E-state index contributed by atoms with van der Waals surface area (Å²) in [4.78, 5) is 15.7. The number of aromatic nitrogens is 1. The first-order chi connectivity index (χ1) is 7.00. The summed E-state index contributed by atoms with van der Waals surface area (Å²) in [6.45, 7) is 5.91. The van der Waals surface area contributed by atoms with Crippen molar-refractivity contribution in [2.75, 3.05) is 0 Å². The van der Waals surface area contributed by atoms with Crippen LogP contribution in [0.15, 0.2) is 24.5 Å². The highest BCUT2D eigenvalue weighted by Gasteiger charge is 2.19. The molecule has 0 bridgehead atoms. The molecule has 0 spiro atoms. The number of aryl methyl sites for hydroxylation is 1. The van der Waals surface area contributed by atoms with Gasteiger partial charge in [-0.25, -0.2) is 0 Å². The van der Waals surface area contributed by atoms with Gasteiger partial charge in [0.05, 0.1) is 0 Å². The minimum absolute atomic E-state index is 0.199. The molecule has 0 amide bonds. The van der Waals surface area contributed by atoms with Gasteiger partial charge in [0.25, 0.3) is 0 Å². The van der Waals surface area contributed by atoms with E-state index in [1.165, 1.54) is 5.56 Å². The molecule has 0 saturated heterocycles. The average molecular weight is 205 g/mol. The van der Waals surface area contributed by atoms with E-state index in [1.807, 2.05) is 33.0 Å². The minimum Gasteiger partial charge on any atom is -0.299 e. The molecule has 0 atom stereocenters. The predicted molar refractivity (Wildman–Crippen MR) is 61.6 cm³/mol. The van der Waals surface area contributed by atoms with Crippen LogP contribution in [0, 0.1) is 5.41 Å². The van der Waals surface area contributed by atoms with E-state index in [1.54, 1.807) is 6.20 Å². The van der Waals surface area contributed by atoms with Gasteiger partial charge in [-0.15, -0.1) is 0 Å². The van der Waals surface area contributed by atoms with Crippen molar-refractivity contribution in [3.8, 4) is 0 Å². The Labute approximate surface area is 91.7 Å². The van der Waals surface area contributed by atoms with Crippen molar-refractivity contribution in [2.24, 2.45) is 5.41 Å². The third-order valence-electron chi connectivity index (χ3n) is 2.43. The molecule has 0 aromatic carbocycles. The molecule has 1 aromatic rings. The third kappa shape index (κ3) is 4.24. The molecule has 15 heavy (non-hydrogen) atoms. The van der Waals surface area contributed by atoms with E-state index in [0.29, 0.717) is 12.2 Å². The van der Waals surface area contributed by atoms with Gasteiger partial charge in [0.15, 0.2) is 0 Å². The zero-order valence-electron chi connectivity index (χ0n) is 9.79. The van der Waals surface area contributed by atoms with Crippen LogP contribution < -0.4 is 0 Å². The zero-order chi connectivity index (χ0) is 11.3. The first-order valence-electron chi connectivity index (χ1n) is 5.42. The highest BCUT2D eigenvalue weighted by molar-refractivity contribution is 5.83. The van der Waals surface area contributed by atoms with E-state index in [2.05, 4.69) is 11.1 Å². The van der Waals surface area contributed by atoms with Crippen LogP contribution >= 0.6 is 0 Å². The number of Topliss-reactive ketones (excluding diaryl/α,β-unsaturated/α-hetero) is 1. The van der Waals surface area contributed by atoms with Crippen molar-refractivity contribution in [1.82, 2.24) is 4.98 Å². The molecule has 0 fully saturated rings. The molecule has 0 aliphatic rings.